The zero-order chi connectivity index (χ0) is 13.9. The lowest BCUT2D eigenvalue weighted by Crippen LogP contribution is -1.98. The van der Waals surface area contributed by atoms with Crippen LogP contribution in [0.4, 0.5) is 11.4 Å². The van der Waals surface area contributed by atoms with Gasteiger partial charge in [0.1, 0.15) is 0 Å². The number of phenolic OH excluding ortho intramolecular Hbond substituents is 1. The molecule has 18 heavy (non-hydrogen) atoms. The minimum absolute atomic E-state index is 0.386. The fourth-order valence-corrected chi connectivity index (χ4v) is 1.54. The van der Waals surface area contributed by atoms with Gasteiger partial charge in [-0.2, -0.15) is 0 Å². The van der Waals surface area contributed by atoms with Crippen molar-refractivity contribution in [2.24, 2.45) is 5.92 Å². The highest BCUT2D eigenvalue weighted by Gasteiger charge is 2.26. The van der Waals surface area contributed by atoms with Crippen LogP contribution in [-0.4, -0.2) is 15.0 Å². The van der Waals surface area contributed by atoms with Gasteiger partial charge in [-0.1, -0.05) is 13.8 Å². The Kier molecular flexibility index (Phi) is 4.19. The van der Waals surface area contributed by atoms with E-state index in [1.54, 1.807) is 0 Å². The zero-order valence-electron chi connectivity index (χ0n) is 10.1. The lowest BCUT2D eigenvalue weighted by atomic mass is 10.0. The van der Waals surface area contributed by atoms with E-state index in [0.717, 1.165) is 6.42 Å². The van der Waals surface area contributed by atoms with Crippen LogP contribution in [0, 0.1) is 26.1 Å². The van der Waals surface area contributed by atoms with Gasteiger partial charge in [0.25, 0.3) is 5.75 Å². The molecule has 98 valence electrons. The highest BCUT2D eigenvalue weighted by molar-refractivity contribution is 5.61. The number of rotatable bonds is 5. The van der Waals surface area contributed by atoms with Crippen molar-refractivity contribution in [2.45, 2.75) is 26.7 Å². The molecule has 0 unspecified atom stereocenters. The van der Waals surface area contributed by atoms with Crippen molar-refractivity contribution < 1.29 is 15.0 Å². The number of hydrogen-bond donors (Lipinski definition) is 1. The minimum Gasteiger partial charge on any atom is -0.497 e. The van der Waals surface area contributed by atoms with Gasteiger partial charge in [0.2, 0.25) is 0 Å². The summed E-state index contributed by atoms with van der Waals surface area (Å²) in [7, 11) is 0. The molecule has 1 rings (SSSR count). The summed E-state index contributed by atoms with van der Waals surface area (Å²) in [5, 5.41) is 30.9. The molecular weight excluding hydrogens is 240 g/mol. The van der Waals surface area contributed by atoms with Crippen LogP contribution < -0.4 is 0 Å². The highest BCUT2D eigenvalue weighted by Crippen LogP contribution is 2.37. The molecule has 0 atom stereocenters. The van der Waals surface area contributed by atoms with Crippen LogP contribution in [0.25, 0.3) is 0 Å². The Balaban J connectivity index is 3.20. The van der Waals surface area contributed by atoms with Gasteiger partial charge in [-0.25, -0.2) is 0 Å². The number of nitro groups is 2. The Hall–Kier alpha value is -2.18. The summed E-state index contributed by atoms with van der Waals surface area (Å²) in [6.07, 6.45) is 1.26. The van der Waals surface area contributed by atoms with Crippen molar-refractivity contribution in [1.82, 2.24) is 0 Å². The Labute approximate surface area is 103 Å². The molecule has 7 heteroatoms. The van der Waals surface area contributed by atoms with Crippen LogP contribution in [0.5, 0.6) is 5.75 Å². The lowest BCUT2D eigenvalue weighted by Gasteiger charge is -2.05. The van der Waals surface area contributed by atoms with Crippen molar-refractivity contribution in [3.63, 3.8) is 0 Å². The molecule has 1 aromatic rings. The molecule has 0 saturated carbocycles. The maximum absolute atomic E-state index is 10.7. The topological polar surface area (TPSA) is 107 Å². The number of aryl methyl sites for hydroxylation is 1. The van der Waals surface area contributed by atoms with Crippen molar-refractivity contribution in [3.8, 4) is 5.75 Å². The lowest BCUT2D eigenvalue weighted by molar-refractivity contribution is -0.396. The number of nitro benzene ring substituents is 2. The highest BCUT2D eigenvalue weighted by atomic mass is 16.6. The van der Waals surface area contributed by atoms with Gasteiger partial charge >= 0.3 is 11.4 Å². The van der Waals surface area contributed by atoms with Gasteiger partial charge in [0, 0.05) is 12.1 Å². The van der Waals surface area contributed by atoms with E-state index >= 15 is 0 Å². The second-order valence-electron chi connectivity index (χ2n) is 4.43. The Bertz CT molecular complexity index is 449. The third-order valence-electron chi connectivity index (χ3n) is 2.53. The smallest absolute Gasteiger partial charge is 0.318 e. The standard InChI is InChI=1S/C11H14N2O5/c1-7(2)3-4-8-5-9(12(15)16)11(14)10(6-8)13(17)18/h5-7,14H,3-4H2,1-2H3. The first kappa shape index (κ1) is 13.9. The molecule has 0 aliphatic rings. The van der Waals surface area contributed by atoms with E-state index < -0.39 is 27.0 Å². The normalized spacial score (nSPS) is 10.6. The van der Waals surface area contributed by atoms with E-state index in [2.05, 4.69) is 0 Å². The van der Waals surface area contributed by atoms with Crippen molar-refractivity contribution in [2.75, 3.05) is 0 Å². The van der Waals surface area contributed by atoms with E-state index in [9.17, 15) is 25.3 Å². The number of aromatic hydroxyl groups is 1. The Morgan fingerprint density at radius 3 is 1.94 bits per heavy atom. The van der Waals surface area contributed by atoms with Gasteiger partial charge in [-0.15, -0.1) is 0 Å². The molecular formula is C11H14N2O5. The van der Waals surface area contributed by atoms with E-state index in [0.29, 0.717) is 17.9 Å². The number of benzene rings is 1. The molecule has 0 fully saturated rings. The van der Waals surface area contributed by atoms with Crippen LogP contribution >= 0.6 is 0 Å². The Morgan fingerprint density at radius 1 is 1.17 bits per heavy atom. The maximum atomic E-state index is 10.7. The van der Waals surface area contributed by atoms with Gasteiger partial charge in [-0.05, 0) is 24.3 Å². The number of nitrogens with zero attached hydrogens (tertiary/aromatic N) is 2. The summed E-state index contributed by atoms with van der Waals surface area (Å²) >= 11 is 0. The van der Waals surface area contributed by atoms with E-state index in [1.165, 1.54) is 12.1 Å². The molecule has 0 bridgehead atoms. The summed E-state index contributed by atoms with van der Waals surface area (Å²) in [4.78, 5) is 19.8. The first-order valence-electron chi connectivity index (χ1n) is 5.47. The molecule has 1 aromatic carbocycles. The first-order chi connectivity index (χ1) is 8.32. The third-order valence-corrected chi connectivity index (χ3v) is 2.53. The second kappa shape index (κ2) is 5.44. The summed E-state index contributed by atoms with van der Waals surface area (Å²) in [5.41, 5.74) is -0.759. The number of hydrogen-bond acceptors (Lipinski definition) is 5. The van der Waals surface area contributed by atoms with Gasteiger partial charge in [-0.3, -0.25) is 20.2 Å². The largest absolute Gasteiger partial charge is 0.497 e. The average molecular weight is 254 g/mol. The predicted molar refractivity (Wildman–Crippen MR) is 64.6 cm³/mol. The SMILES string of the molecule is CC(C)CCc1cc([N+](=O)[O-])c(O)c([N+](=O)[O-])c1. The predicted octanol–water partition coefficient (Wildman–Crippen LogP) is 2.80. The molecule has 0 saturated heterocycles. The van der Waals surface area contributed by atoms with E-state index in [4.69, 9.17) is 0 Å². The molecule has 0 radical (unpaired) electrons. The monoisotopic (exact) mass is 254 g/mol. The van der Waals surface area contributed by atoms with Gasteiger partial charge < -0.3 is 5.11 Å². The number of phenols is 1. The molecule has 0 aliphatic carbocycles. The van der Waals surface area contributed by atoms with Crippen LogP contribution in [-0.2, 0) is 6.42 Å². The van der Waals surface area contributed by atoms with Crippen molar-refractivity contribution in [3.05, 3.63) is 37.9 Å². The zero-order valence-corrected chi connectivity index (χ0v) is 10.1. The molecule has 0 amide bonds. The third kappa shape index (κ3) is 3.16. The average Bonchev–Trinajstić information content (AvgIpc) is 2.26. The van der Waals surface area contributed by atoms with Crippen molar-refractivity contribution >= 4 is 11.4 Å². The van der Waals surface area contributed by atoms with Gasteiger partial charge in [0.05, 0.1) is 9.85 Å². The summed E-state index contributed by atoms with van der Waals surface area (Å²) in [5.74, 6) is -0.504. The fraction of sp³-hybridized carbons (Fsp3) is 0.455. The van der Waals surface area contributed by atoms with Crippen LogP contribution in [0.3, 0.4) is 0 Å². The fourth-order valence-electron chi connectivity index (χ4n) is 1.54. The summed E-state index contributed by atoms with van der Waals surface area (Å²) in [6, 6.07) is 2.37. The quantitative estimate of drug-likeness (QED) is 0.642. The summed E-state index contributed by atoms with van der Waals surface area (Å²) < 4.78 is 0. The maximum Gasteiger partial charge on any atom is 0.318 e. The van der Waals surface area contributed by atoms with Gasteiger partial charge in [0.15, 0.2) is 0 Å². The molecule has 0 aliphatic heterocycles. The Morgan fingerprint density at radius 2 is 1.61 bits per heavy atom. The molecule has 7 nitrogen and oxygen atoms in total. The molecule has 0 aromatic heterocycles. The molecule has 1 N–H and O–H groups in total. The summed E-state index contributed by atoms with van der Waals surface area (Å²) in [6.45, 7) is 3.98. The molecule has 0 spiro atoms. The van der Waals surface area contributed by atoms with Crippen molar-refractivity contribution in [1.29, 1.82) is 0 Å². The van der Waals surface area contributed by atoms with Crippen LogP contribution in [0.2, 0.25) is 0 Å². The van der Waals surface area contributed by atoms with Crippen LogP contribution in [0.15, 0.2) is 12.1 Å². The molecule has 0 heterocycles. The first-order valence-corrected chi connectivity index (χ1v) is 5.47. The van der Waals surface area contributed by atoms with E-state index in [-0.39, 0.29) is 0 Å². The van der Waals surface area contributed by atoms with E-state index in [1.807, 2.05) is 13.8 Å². The van der Waals surface area contributed by atoms with Crippen LogP contribution in [0.1, 0.15) is 25.8 Å². The second-order valence-corrected chi connectivity index (χ2v) is 4.43. The minimum atomic E-state index is -0.890.